The van der Waals surface area contributed by atoms with Crippen LogP contribution in [0.3, 0.4) is 0 Å². The summed E-state index contributed by atoms with van der Waals surface area (Å²) < 4.78 is 7.02. The molecule has 11 nitrogen and oxygen atoms in total. The van der Waals surface area contributed by atoms with Crippen LogP contribution in [0.1, 0.15) is 10.5 Å². The number of aryl methyl sites for hydroxylation is 1. The van der Waals surface area contributed by atoms with Crippen LogP contribution < -0.4 is 5.32 Å². The fourth-order valence-corrected chi connectivity index (χ4v) is 1.70. The Morgan fingerprint density at radius 2 is 2.18 bits per heavy atom. The highest BCUT2D eigenvalue weighted by Crippen LogP contribution is 2.14. The third kappa shape index (κ3) is 3.26. The van der Waals surface area contributed by atoms with Gasteiger partial charge in [-0.05, 0) is 4.92 Å². The summed E-state index contributed by atoms with van der Waals surface area (Å²) in [6, 6.07) is 1.18. The predicted octanol–water partition coefficient (Wildman–Crippen LogP) is -0.0499. The van der Waals surface area contributed by atoms with Crippen LogP contribution in [0.5, 0.6) is 0 Å². The van der Waals surface area contributed by atoms with Crippen LogP contribution >= 0.6 is 0 Å². The summed E-state index contributed by atoms with van der Waals surface area (Å²) >= 11 is 0. The van der Waals surface area contributed by atoms with E-state index in [-0.39, 0.29) is 23.7 Å². The zero-order chi connectivity index (χ0) is 16.3. The first-order chi connectivity index (χ1) is 10.4. The van der Waals surface area contributed by atoms with Crippen LogP contribution in [-0.4, -0.2) is 43.5 Å². The zero-order valence-corrected chi connectivity index (χ0v) is 11.7. The molecule has 0 saturated carbocycles. The van der Waals surface area contributed by atoms with E-state index < -0.39 is 16.8 Å². The lowest BCUT2D eigenvalue weighted by Crippen LogP contribution is -2.20. The Morgan fingerprint density at radius 3 is 2.77 bits per heavy atom. The molecule has 2 heterocycles. The molecule has 0 aliphatic heterocycles. The van der Waals surface area contributed by atoms with Crippen molar-refractivity contribution in [1.29, 1.82) is 0 Å². The molecular formula is C11H12N6O5. The lowest BCUT2D eigenvalue weighted by Gasteiger charge is -2.02. The molecule has 0 fully saturated rings. The smallest absolute Gasteiger partial charge is 0.389 e. The van der Waals surface area contributed by atoms with Gasteiger partial charge in [0.1, 0.15) is 6.54 Å². The molecule has 22 heavy (non-hydrogen) atoms. The molecule has 0 aromatic carbocycles. The lowest BCUT2D eigenvalue weighted by atomic mass is 10.3. The van der Waals surface area contributed by atoms with Gasteiger partial charge in [0.2, 0.25) is 5.91 Å². The first-order valence-corrected chi connectivity index (χ1v) is 6.00. The first-order valence-electron chi connectivity index (χ1n) is 6.00. The van der Waals surface area contributed by atoms with Gasteiger partial charge in [-0.15, -0.1) is 0 Å². The largest absolute Gasteiger partial charge is 0.464 e. The highest BCUT2D eigenvalue weighted by atomic mass is 16.6. The van der Waals surface area contributed by atoms with E-state index in [0.717, 1.165) is 4.68 Å². The summed E-state index contributed by atoms with van der Waals surface area (Å²) in [5.41, 5.74) is 0.144. The average molecular weight is 308 g/mol. The molecule has 0 aliphatic carbocycles. The normalized spacial score (nSPS) is 10.3. The zero-order valence-electron chi connectivity index (χ0n) is 11.7. The summed E-state index contributed by atoms with van der Waals surface area (Å²) in [5.74, 6) is -1.56. The maximum Gasteiger partial charge on any atom is 0.389 e. The number of nitro groups is 1. The fraction of sp³-hybridized carbons (Fsp3) is 0.273. The molecule has 11 heteroatoms. The lowest BCUT2D eigenvalue weighted by molar-refractivity contribution is -0.389. The van der Waals surface area contributed by atoms with Gasteiger partial charge >= 0.3 is 11.8 Å². The van der Waals surface area contributed by atoms with E-state index in [9.17, 15) is 19.7 Å². The van der Waals surface area contributed by atoms with Crippen molar-refractivity contribution in [3.63, 3.8) is 0 Å². The third-order valence-electron chi connectivity index (χ3n) is 2.60. The topological polar surface area (TPSA) is 134 Å². The quantitative estimate of drug-likeness (QED) is 0.465. The van der Waals surface area contributed by atoms with Crippen LogP contribution in [0, 0.1) is 10.1 Å². The van der Waals surface area contributed by atoms with E-state index in [1.54, 1.807) is 7.05 Å². The number of anilines is 1. The molecule has 1 amide bonds. The minimum absolute atomic E-state index is 0.0372. The SMILES string of the molecule is COC(=O)c1nn(C)cc1NC(=O)Cn1ccc([N+](=O)[O-])n1. The fourth-order valence-electron chi connectivity index (χ4n) is 1.70. The second-order valence-electron chi connectivity index (χ2n) is 4.23. The standard InChI is InChI=1S/C11H12N6O5/c1-15-5-7(10(14-15)11(19)22-2)12-9(18)6-16-4-3-8(13-16)17(20)21/h3-5H,6H2,1-2H3,(H,12,18). The van der Waals surface area contributed by atoms with Crippen molar-refractivity contribution in [2.45, 2.75) is 6.54 Å². The second-order valence-corrected chi connectivity index (χ2v) is 4.23. The Hall–Kier alpha value is -3.24. The molecule has 0 atom stereocenters. The van der Waals surface area contributed by atoms with Crippen molar-refractivity contribution in [2.75, 3.05) is 12.4 Å². The van der Waals surface area contributed by atoms with Crippen LogP contribution in [0.2, 0.25) is 0 Å². The number of hydrogen-bond donors (Lipinski definition) is 1. The van der Waals surface area contributed by atoms with Gasteiger partial charge < -0.3 is 20.2 Å². The van der Waals surface area contributed by atoms with Crippen molar-refractivity contribution in [3.8, 4) is 0 Å². The Bertz CT molecular complexity index is 733. The molecule has 0 saturated heterocycles. The van der Waals surface area contributed by atoms with Gasteiger partial charge in [0, 0.05) is 13.2 Å². The van der Waals surface area contributed by atoms with E-state index in [1.807, 2.05) is 0 Å². The number of rotatable bonds is 5. The number of carbonyl (C=O) groups is 2. The number of esters is 1. The van der Waals surface area contributed by atoms with E-state index in [4.69, 9.17) is 0 Å². The molecule has 0 aliphatic rings. The number of hydrogen-bond acceptors (Lipinski definition) is 7. The highest BCUT2D eigenvalue weighted by Gasteiger charge is 2.19. The van der Waals surface area contributed by atoms with Crippen molar-refractivity contribution in [3.05, 3.63) is 34.3 Å². The van der Waals surface area contributed by atoms with Crippen molar-refractivity contribution < 1.29 is 19.2 Å². The number of aromatic nitrogens is 4. The molecule has 0 spiro atoms. The Morgan fingerprint density at radius 1 is 1.45 bits per heavy atom. The van der Waals surface area contributed by atoms with Crippen molar-refractivity contribution in [2.24, 2.45) is 7.05 Å². The van der Waals surface area contributed by atoms with E-state index in [2.05, 4.69) is 20.3 Å². The minimum Gasteiger partial charge on any atom is -0.464 e. The van der Waals surface area contributed by atoms with Gasteiger partial charge in [-0.2, -0.15) is 9.78 Å². The number of methoxy groups -OCH3 is 1. The average Bonchev–Trinajstić information content (AvgIpc) is 3.05. The van der Waals surface area contributed by atoms with Crippen LogP contribution in [0.4, 0.5) is 11.5 Å². The van der Waals surface area contributed by atoms with E-state index in [0.29, 0.717) is 0 Å². The molecule has 0 radical (unpaired) electrons. The molecule has 2 aromatic heterocycles. The second kappa shape index (κ2) is 6.03. The molecule has 1 N–H and O–H groups in total. The van der Waals surface area contributed by atoms with Crippen LogP contribution in [0.15, 0.2) is 18.5 Å². The van der Waals surface area contributed by atoms with Gasteiger partial charge in [-0.1, -0.05) is 0 Å². The van der Waals surface area contributed by atoms with E-state index >= 15 is 0 Å². The van der Waals surface area contributed by atoms with Gasteiger partial charge in [-0.25, -0.2) is 4.79 Å². The predicted molar refractivity (Wildman–Crippen MR) is 72.1 cm³/mol. The molecule has 2 rings (SSSR count). The summed E-state index contributed by atoms with van der Waals surface area (Å²) in [7, 11) is 2.78. The summed E-state index contributed by atoms with van der Waals surface area (Å²) in [6.45, 7) is -0.247. The van der Waals surface area contributed by atoms with Crippen molar-refractivity contribution in [1.82, 2.24) is 19.6 Å². The monoisotopic (exact) mass is 308 g/mol. The number of nitrogens with zero attached hydrogens (tertiary/aromatic N) is 5. The van der Waals surface area contributed by atoms with Crippen molar-refractivity contribution >= 4 is 23.4 Å². The molecular weight excluding hydrogens is 296 g/mol. The van der Waals surface area contributed by atoms with Gasteiger partial charge in [0.05, 0.1) is 30.2 Å². The number of nitrogens with one attached hydrogen (secondary N) is 1. The molecule has 2 aromatic rings. The van der Waals surface area contributed by atoms with Crippen LogP contribution in [0.25, 0.3) is 0 Å². The van der Waals surface area contributed by atoms with Gasteiger partial charge in [0.15, 0.2) is 5.69 Å². The van der Waals surface area contributed by atoms with Gasteiger partial charge in [-0.3, -0.25) is 9.48 Å². The number of carbonyl (C=O) groups excluding carboxylic acids is 2. The van der Waals surface area contributed by atoms with E-state index in [1.165, 1.54) is 30.3 Å². The maximum absolute atomic E-state index is 11.9. The third-order valence-corrected chi connectivity index (χ3v) is 2.60. The minimum atomic E-state index is -0.689. The number of amides is 1. The van der Waals surface area contributed by atoms with Crippen LogP contribution in [-0.2, 0) is 23.1 Å². The molecule has 0 bridgehead atoms. The summed E-state index contributed by atoms with van der Waals surface area (Å²) in [4.78, 5) is 33.3. The number of ether oxygens (including phenoxy) is 1. The Balaban J connectivity index is 2.08. The molecule has 0 unspecified atom stereocenters. The Labute approximate surface area is 123 Å². The first kappa shape index (κ1) is 15.2. The molecule has 116 valence electrons. The maximum atomic E-state index is 11.9. The Kier molecular flexibility index (Phi) is 4.15. The van der Waals surface area contributed by atoms with Gasteiger partial charge in [0.25, 0.3) is 0 Å². The summed E-state index contributed by atoms with van der Waals surface area (Å²) in [5, 5.41) is 20.5. The highest BCUT2D eigenvalue weighted by molar-refractivity contribution is 5.99. The summed E-state index contributed by atoms with van der Waals surface area (Å²) in [6.07, 6.45) is 2.75.